The molecule has 3 aromatic carbocycles. The highest BCUT2D eigenvalue weighted by molar-refractivity contribution is 7.89. The van der Waals surface area contributed by atoms with E-state index in [9.17, 15) is 8.42 Å². The molecule has 142 valence electrons. The number of benzene rings is 3. The van der Waals surface area contributed by atoms with Crippen molar-refractivity contribution >= 4 is 37.4 Å². The Morgan fingerprint density at radius 1 is 0.929 bits per heavy atom. The second-order valence-corrected chi connectivity index (χ2v) is 8.61. The summed E-state index contributed by atoms with van der Waals surface area (Å²) in [7, 11) is 0.223. The lowest BCUT2D eigenvalue weighted by atomic mass is 10.1. The molecule has 1 N–H and O–H groups in total. The van der Waals surface area contributed by atoms with Gasteiger partial charge in [-0.2, -0.15) is 0 Å². The molecule has 4 aromatic rings. The van der Waals surface area contributed by atoms with Crippen molar-refractivity contribution in [1.29, 1.82) is 0 Å². The summed E-state index contributed by atoms with van der Waals surface area (Å²) >= 11 is 0. The van der Waals surface area contributed by atoms with Gasteiger partial charge in [0.05, 0.1) is 10.4 Å². The van der Waals surface area contributed by atoms with Gasteiger partial charge in [0, 0.05) is 48.7 Å². The van der Waals surface area contributed by atoms with Crippen molar-refractivity contribution in [3.8, 4) is 0 Å². The molecule has 0 aliphatic heterocycles. The van der Waals surface area contributed by atoms with Crippen LogP contribution in [-0.4, -0.2) is 27.5 Å². The number of fused-ring (bicyclic) bond motifs is 2. The van der Waals surface area contributed by atoms with Crippen LogP contribution < -0.4 is 9.62 Å². The Hall–Kier alpha value is -2.96. The number of pyridine rings is 1. The molecular formula is C22H21N3O2S. The van der Waals surface area contributed by atoms with Crippen LogP contribution in [0.3, 0.4) is 0 Å². The first-order chi connectivity index (χ1) is 13.5. The maximum atomic E-state index is 13.0. The van der Waals surface area contributed by atoms with Gasteiger partial charge in [0.2, 0.25) is 10.0 Å². The fraction of sp³-hybridized carbons (Fsp3) is 0.136. The number of sulfonamides is 1. The third kappa shape index (κ3) is 3.44. The molecule has 0 amide bonds. The van der Waals surface area contributed by atoms with Crippen LogP contribution in [0.5, 0.6) is 0 Å². The number of nitrogens with zero attached hydrogens (tertiary/aromatic N) is 2. The minimum atomic E-state index is -3.67. The molecular weight excluding hydrogens is 370 g/mol. The van der Waals surface area contributed by atoms with Gasteiger partial charge >= 0.3 is 0 Å². The third-order valence-electron chi connectivity index (χ3n) is 4.77. The second kappa shape index (κ2) is 7.22. The standard InChI is InChI=1S/C22H21N3O2S/c1-25(2)21-9-3-8-19-18(21)7-4-10-22(19)28(26,27)24-15-16-11-12-17-6-5-13-23-20(17)14-16/h3-14,24H,15H2,1-2H3. The summed E-state index contributed by atoms with van der Waals surface area (Å²) < 4.78 is 28.8. The molecule has 4 rings (SSSR count). The summed E-state index contributed by atoms with van der Waals surface area (Å²) in [6, 6.07) is 20.7. The van der Waals surface area contributed by atoms with Crippen molar-refractivity contribution in [3.05, 3.63) is 78.5 Å². The first-order valence-corrected chi connectivity index (χ1v) is 10.5. The second-order valence-electron chi connectivity index (χ2n) is 6.88. The number of hydrogen-bond acceptors (Lipinski definition) is 4. The molecule has 0 aliphatic carbocycles. The topological polar surface area (TPSA) is 62.3 Å². The van der Waals surface area contributed by atoms with E-state index in [1.54, 1.807) is 18.3 Å². The molecule has 0 unspecified atom stereocenters. The third-order valence-corrected chi connectivity index (χ3v) is 6.23. The van der Waals surface area contributed by atoms with E-state index < -0.39 is 10.0 Å². The SMILES string of the molecule is CN(C)c1cccc2c(S(=O)(=O)NCc3ccc4cccnc4c3)cccc12. The molecule has 1 heterocycles. The van der Waals surface area contributed by atoms with E-state index in [1.165, 1.54) is 0 Å². The van der Waals surface area contributed by atoms with Crippen molar-refractivity contribution in [1.82, 2.24) is 9.71 Å². The smallest absolute Gasteiger partial charge is 0.241 e. The summed E-state index contributed by atoms with van der Waals surface area (Å²) in [6.45, 7) is 0.207. The fourth-order valence-corrected chi connectivity index (χ4v) is 4.60. The lowest BCUT2D eigenvalue weighted by Gasteiger charge is -2.17. The van der Waals surface area contributed by atoms with Crippen LogP contribution in [0.2, 0.25) is 0 Å². The van der Waals surface area contributed by atoms with E-state index >= 15 is 0 Å². The normalized spacial score (nSPS) is 11.8. The van der Waals surface area contributed by atoms with Crippen LogP contribution in [-0.2, 0) is 16.6 Å². The lowest BCUT2D eigenvalue weighted by Crippen LogP contribution is -2.23. The monoisotopic (exact) mass is 391 g/mol. The van der Waals surface area contributed by atoms with Gasteiger partial charge in [-0.1, -0.05) is 42.5 Å². The summed E-state index contributed by atoms with van der Waals surface area (Å²) in [4.78, 5) is 6.59. The van der Waals surface area contributed by atoms with Crippen LogP contribution in [0.4, 0.5) is 5.69 Å². The highest BCUT2D eigenvalue weighted by Gasteiger charge is 2.18. The number of nitrogens with one attached hydrogen (secondary N) is 1. The molecule has 0 spiro atoms. The first-order valence-electron chi connectivity index (χ1n) is 8.98. The maximum Gasteiger partial charge on any atom is 0.241 e. The zero-order valence-electron chi connectivity index (χ0n) is 15.8. The number of rotatable bonds is 5. The average molecular weight is 391 g/mol. The van der Waals surface area contributed by atoms with Gasteiger partial charge in [0.1, 0.15) is 0 Å². The molecule has 0 saturated carbocycles. The van der Waals surface area contributed by atoms with E-state index in [-0.39, 0.29) is 11.4 Å². The number of hydrogen-bond donors (Lipinski definition) is 1. The van der Waals surface area contributed by atoms with Crippen LogP contribution >= 0.6 is 0 Å². The maximum absolute atomic E-state index is 13.0. The van der Waals surface area contributed by atoms with E-state index in [0.29, 0.717) is 5.39 Å². The van der Waals surface area contributed by atoms with Crippen LogP contribution in [0.25, 0.3) is 21.7 Å². The van der Waals surface area contributed by atoms with Gasteiger partial charge in [0.25, 0.3) is 0 Å². The predicted molar refractivity (Wildman–Crippen MR) is 114 cm³/mol. The van der Waals surface area contributed by atoms with Crippen molar-refractivity contribution in [2.24, 2.45) is 0 Å². The predicted octanol–water partition coefficient (Wildman–Crippen LogP) is 3.93. The number of anilines is 1. The minimum absolute atomic E-state index is 0.207. The van der Waals surface area contributed by atoms with Crippen molar-refractivity contribution in [2.45, 2.75) is 11.4 Å². The van der Waals surface area contributed by atoms with Crippen LogP contribution in [0, 0.1) is 0 Å². The fourth-order valence-electron chi connectivity index (χ4n) is 3.37. The van der Waals surface area contributed by atoms with Gasteiger partial charge in [-0.15, -0.1) is 0 Å². The summed E-state index contributed by atoms with van der Waals surface area (Å²) in [5, 5.41) is 2.64. The van der Waals surface area contributed by atoms with Gasteiger partial charge < -0.3 is 4.90 Å². The molecule has 6 heteroatoms. The van der Waals surface area contributed by atoms with Crippen LogP contribution in [0.1, 0.15) is 5.56 Å². The van der Waals surface area contributed by atoms with Gasteiger partial charge in [-0.05, 0) is 29.8 Å². The molecule has 0 radical (unpaired) electrons. The van der Waals surface area contributed by atoms with Gasteiger partial charge in [-0.3, -0.25) is 4.98 Å². The molecule has 0 saturated heterocycles. The summed E-state index contributed by atoms with van der Waals surface area (Å²) in [5.74, 6) is 0. The Kier molecular flexibility index (Phi) is 4.75. The Bertz CT molecular complexity index is 1270. The number of aromatic nitrogens is 1. The van der Waals surface area contributed by atoms with Gasteiger partial charge in [0.15, 0.2) is 0 Å². The lowest BCUT2D eigenvalue weighted by molar-refractivity contribution is 0.582. The van der Waals surface area contributed by atoms with Crippen LogP contribution in [0.15, 0.2) is 77.8 Å². The average Bonchev–Trinajstić information content (AvgIpc) is 2.71. The first kappa shape index (κ1) is 18.4. The largest absolute Gasteiger partial charge is 0.377 e. The molecule has 0 bridgehead atoms. The van der Waals surface area contributed by atoms with E-state index in [0.717, 1.165) is 27.5 Å². The molecule has 0 atom stereocenters. The Morgan fingerprint density at radius 3 is 2.54 bits per heavy atom. The van der Waals surface area contributed by atoms with Crippen molar-refractivity contribution in [2.75, 3.05) is 19.0 Å². The van der Waals surface area contributed by atoms with Crippen molar-refractivity contribution < 1.29 is 8.42 Å². The molecule has 0 fully saturated rings. The molecule has 1 aromatic heterocycles. The Labute approximate surface area is 164 Å². The quantitative estimate of drug-likeness (QED) is 0.560. The van der Waals surface area contributed by atoms with Gasteiger partial charge in [-0.25, -0.2) is 13.1 Å². The Morgan fingerprint density at radius 2 is 1.71 bits per heavy atom. The zero-order valence-corrected chi connectivity index (χ0v) is 16.6. The van der Waals surface area contributed by atoms with E-state index in [1.807, 2.05) is 73.6 Å². The highest BCUT2D eigenvalue weighted by atomic mass is 32.2. The zero-order chi connectivity index (χ0) is 19.7. The molecule has 0 aliphatic rings. The molecule has 28 heavy (non-hydrogen) atoms. The van der Waals surface area contributed by atoms with Crippen molar-refractivity contribution in [3.63, 3.8) is 0 Å². The summed E-state index contributed by atoms with van der Waals surface area (Å²) in [6.07, 6.45) is 1.73. The molecule has 5 nitrogen and oxygen atoms in total. The summed E-state index contributed by atoms with van der Waals surface area (Å²) in [5.41, 5.74) is 2.69. The van der Waals surface area contributed by atoms with E-state index in [4.69, 9.17) is 0 Å². The Balaban J connectivity index is 1.67. The van der Waals surface area contributed by atoms with E-state index in [2.05, 4.69) is 9.71 Å². The highest BCUT2D eigenvalue weighted by Crippen LogP contribution is 2.30. The minimum Gasteiger partial charge on any atom is -0.377 e.